The highest BCUT2D eigenvalue weighted by molar-refractivity contribution is 6.15. The van der Waals surface area contributed by atoms with Gasteiger partial charge in [-0.15, -0.1) is 0 Å². The van der Waals surface area contributed by atoms with E-state index in [0.717, 1.165) is 22.0 Å². The number of para-hydroxylation sites is 1. The summed E-state index contributed by atoms with van der Waals surface area (Å²) in [7, 11) is 3.95. The molecule has 162 valence electrons. The lowest BCUT2D eigenvalue weighted by atomic mass is 10.2. The fraction of sp³-hybridized carbons (Fsp3) is 0.125. The molecule has 8 heteroatoms. The molecule has 2 N–H and O–H groups in total. The van der Waals surface area contributed by atoms with Gasteiger partial charge in [0.05, 0.1) is 0 Å². The zero-order valence-electron chi connectivity index (χ0n) is 17.8. The highest BCUT2D eigenvalue weighted by Crippen LogP contribution is 2.20. The third-order valence-electron chi connectivity index (χ3n) is 5.04. The van der Waals surface area contributed by atoms with Crippen molar-refractivity contribution in [1.29, 1.82) is 0 Å². The third-order valence-corrected chi connectivity index (χ3v) is 5.04. The molecule has 1 fully saturated rings. The molecule has 0 atom stereocenters. The summed E-state index contributed by atoms with van der Waals surface area (Å²) in [5, 5.41) is 5.24. The Balaban J connectivity index is 1.50. The van der Waals surface area contributed by atoms with Crippen molar-refractivity contribution in [2.75, 3.05) is 30.9 Å². The highest BCUT2D eigenvalue weighted by atomic mass is 16.2. The van der Waals surface area contributed by atoms with Crippen LogP contribution in [0.25, 0.3) is 11.8 Å². The number of hydrogen-bond donors (Lipinski definition) is 2. The quantitative estimate of drug-likeness (QED) is 0.466. The van der Waals surface area contributed by atoms with Gasteiger partial charge in [0.2, 0.25) is 5.91 Å². The van der Waals surface area contributed by atoms with Gasteiger partial charge in [-0.2, -0.15) is 0 Å². The first kappa shape index (κ1) is 20.9. The average molecular weight is 429 g/mol. The second-order valence-electron chi connectivity index (χ2n) is 7.51. The van der Waals surface area contributed by atoms with Crippen LogP contribution in [0.3, 0.4) is 0 Å². The molecule has 4 rings (SSSR count). The van der Waals surface area contributed by atoms with Gasteiger partial charge in [0, 0.05) is 43.0 Å². The molecule has 1 aromatic heterocycles. The van der Waals surface area contributed by atoms with Crippen LogP contribution < -0.4 is 15.5 Å². The number of hydrogen-bond acceptors (Lipinski definition) is 4. The van der Waals surface area contributed by atoms with Crippen LogP contribution >= 0.6 is 0 Å². The van der Waals surface area contributed by atoms with Gasteiger partial charge in [-0.3, -0.25) is 9.59 Å². The zero-order valence-corrected chi connectivity index (χ0v) is 17.8. The van der Waals surface area contributed by atoms with E-state index in [1.54, 1.807) is 30.3 Å². The van der Waals surface area contributed by atoms with Gasteiger partial charge in [0.15, 0.2) is 0 Å². The molecule has 8 nitrogen and oxygen atoms in total. The predicted octanol–water partition coefficient (Wildman–Crippen LogP) is 3.07. The second kappa shape index (κ2) is 8.81. The minimum Gasteiger partial charge on any atom is -0.378 e. The largest absolute Gasteiger partial charge is 0.378 e. The number of nitrogens with one attached hydrogen (secondary N) is 2. The highest BCUT2D eigenvalue weighted by Gasteiger charge is 2.35. The van der Waals surface area contributed by atoms with Crippen molar-refractivity contribution in [2.45, 2.75) is 0 Å². The minimum atomic E-state index is -0.627. The predicted molar refractivity (Wildman–Crippen MR) is 123 cm³/mol. The van der Waals surface area contributed by atoms with Crippen LogP contribution in [-0.4, -0.2) is 48.0 Å². The summed E-state index contributed by atoms with van der Waals surface area (Å²) in [5.74, 6) is -1.00. The summed E-state index contributed by atoms with van der Waals surface area (Å²) in [6, 6.07) is 19.9. The molecule has 0 saturated carbocycles. The van der Waals surface area contributed by atoms with Crippen molar-refractivity contribution in [3.8, 4) is 5.69 Å². The maximum atomic E-state index is 12.8. The molecule has 2 heterocycles. The fourth-order valence-electron chi connectivity index (χ4n) is 3.39. The maximum Gasteiger partial charge on any atom is 0.329 e. The van der Waals surface area contributed by atoms with Crippen LogP contribution in [0.2, 0.25) is 0 Å². The van der Waals surface area contributed by atoms with E-state index >= 15 is 0 Å². The van der Waals surface area contributed by atoms with Gasteiger partial charge in [-0.1, -0.05) is 18.2 Å². The molecular formula is C24H23N5O3. The Morgan fingerprint density at radius 3 is 2.41 bits per heavy atom. The molecule has 1 saturated heterocycles. The lowest BCUT2D eigenvalue weighted by Gasteiger charge is -2.14. The van der Waals surface area contributed by atoms with Gasteiger partial charge >= 0.3 is 6.03 Å². The van der Waals surface area contributed by atoms with Crippen molar-refractivity contribution in [2.24, 2.45) is 0 Å². The number of imide groups is 1. The summed E-state index contributed by atoms with van der Waals surface area (Å²) in [6.45, 7) is -0.371. The first-order valence-corrected chi connectivity index (χ1v) is 10.1. The van der Waals surface area contributed by atoms with E-state index in [1.807, 2.05) is 72.2 Å². The Kier molecular flexibility index (Phi) is 5.76. The number of nitrogens with zero attached hydrogens (tertiary/aromatic N) is 3. The summed E-state index contributed by atoms with van der Waals surface area (Å²) in [4.78, 5) is 40.3. The number of benzene rings is 2. The van der Waals surface area contributed by atoms with Crippen molar-refractivity contribution < 1.29 is 14.4 Å². The van der Waals surface area contributed by atoms with Gasteiger partial charge in [0.1, 0.15) is 12.2 Å². The summed E-state index contributed by atoms with van der Waals surface area (Å²) < 4.78 is 1.91. The molecule has 1 aliphatic heterocycles. The number of aromatic nitrogens is 1. The van der Waals surface area contributed by atoms with Crippen LogP contribution in [0.1, 0.15) is 5.69 Å². The smallest absolute Gasteiger partial charge is 0.329 e. The molecule has 3 aromatic rings. The standard InChI is InChI=1S/C24H23N5O3/c1-27(2)18-10-12-19(13-11-18)28-14-6-9-20(28)15-21-23(31)29(24(32)26-21)16-22(30)25-17-7-4-3-5-8-17/h3-15H,16H2,1-2H3,(H,25,30)(H,26,32)/b21-15-. The normalized spacial score (nSPS) is 14.6. The lowest BCUT2D eigenvalue weighted by molar-refractivity contribution is -0.127. The van der Waals surface area contributed by atoms with E-state index in [0.29, 0.717) is 5.69 Å². The molecule has 2 aromatic carbocycles. The van der Waals surface area contributed by atoms with E-state index in [1.165, 1.54) is 0 Å². The lowest BCUT2D eigenvalue weighted by Crippen LogP contribution is -2.38. The van der Waals surface area contributed by atoms with E-state index < -0.39 is 17.8 Å². The molecule has 0 aliphatic carbocycles. The number of anilines is 2. The molecule has 1 aliphatic rings. The molecule has 0 unspecified atom stereocenters. The molecule has 4 amide bonds. The second-order valence-corrected chi connectivity index (χ2v) is 7.51. The van der Waals surface area contributed by atoms with E-state index in [2.05, 4.69) is 10.6 Å². The minimum absolute atomic E-state index is 0.118. The van der Waals surface area contributed by atoms with Crippen LogP contribution in [0.5, 0.6) is 0 Å². The Hall–Kier alpha value is -4.33. The van der Waals surface area contributed by atoms with Crippen molar-refractivity contribution >= 4 is 35.3 Å². The maximum absolute atomic E-state index is 12.8. The summed E-state index contributed by atoms with van der Waals surface area (Å²) in [6.07, 6.45) is 3.48. The van der Waals surface area contributed by atoms with Crippen molar-refractivity contribution in [1.82, 2.24) is 14.8 Å². The van der Waals surface area contributed by atoms with Crippen LogP contribution in [0.15, 0.2) is 78.6 Å². The van der Waals surface area contributed by atoms with E-state index in [4.69, 9.17) is 0 Å². The van der Waals surface area contributed by atoms with Crippen molar-refractivity contribution in [3.05, 3.63) is 84.3 Å². The Bertz CT molecular complexity index is 1180. The Morgan fingerprint density at radius 2 is 1.72 bits per heavy atom. The molecule has 32 heavy (non-hydrogen) atoms. The molecular weight excluding hydrogens is 406 g/mol. The Labute approximate surface area is 185 Å². The topological polar surface area (TPSA) is 86.7 Å². The number of carbonyl (C=O) groups is 3. The first-order chi connectivity index (χ1) is 15.4. The molecule has 0 spiro atoms. The molecule has 0 bridgehead atoms. The first-order valence-electron chi connectivity index (χ1n) is 10.1. The monoisotopic (exact) mass is 429 g/mol. The molecule has 0 radical (unpaired) electrons. The zero-order chi connectivity index (χ0) is 22.7. The van der Waals surface area contributed by atoms with Crippen LogP contribution in [0, 0.1) is 0 Å². The third kappa shape index (κ3) is 4.39. The fourth-order valence-corrected chi connectivity index (χ4v) is 3.39. The number of rotatable bonds is 6. The van der Waals surface area contributed by atoms with Gasteiger partial charge < -0.3 is 20.1 Å². The van der Waals surface area contributed by atoms with Gasteiger partial charge in [0.25, 0.3) is 5.91 Å². The summed E-state index contributed by atoms with van der Waals surface area (Å²) >= 11 is 0. The summed E-state index contributed by atoms with van der Waals surface area (Å²) in [5.41, 5.74) is 3.43. The van der Waals surface area contributed by atoms with E-state index in [9.17, 15) is 14.4 Å². The van der Waals surface area contributed by atoms with Crippen LogP contribution in [-0.2, 0) is 9.59 Å². The van der Waals surface area contributed by atoms with Crippen molar-refractivity contribution in [3.63, 3.8) is 0 Å². The number of amides is 4. The number of carbonyl (C=O) groups excluding carboxylic acids is 3. The van der Waals surface area contributed by atoms with Gasteiger partial charge in [-0.25, -0.2) is 9.69 Å². The number of urea groups is 1. The van der Waals surface area contributed by atoms with E-state index in [-0.39, 0.29) is 12.2 Å². The van der Waals surface area contributed by atoms with Gasteiger partial charge in [-0.05, 0) is 54.6 Å². The average Bonchev–Trinajstić information content (AvgIpc) is 3.34. The Morgan fingerprint density at radius 1 is 1.00 bits per heavy atom. The SMILES string of the molecule is CN(C)c1ccc(-n2cccc2/C=C2\NC(=O)N(CC(=O)Nc3ccccc3)C2=O)cc1. The van der Waals surface area contributed by atoms with Crippen LogP contribution in [0.4, 0.5) is 16.2 Å².